The average Bonchev–Trinajstić information content (AvgIpc) is 2.40. The molecule has 98 valence electrons. The van der Waals surface area contributed by atoms with Crippen molar-refractivity contribution in [3.05, 3.63) is 68.4 Å². The molecule has 0 aliphatic carbocycles. The third-order valence-corrected chi connectivity index (χ3v) is 3.76. The molecule has 0 aliphatic rings. The van der Waals surface area contributed by atoms with Crippen LogP contribution < -0.4 is 5.32 Å². The van der Waals surface area contributed by atoms with E-state index < -0.39 is 5.82 Å². The summed E-state index contributed by atoms with van der Waals surface area (Å²) in [5.74, 6) is -0.744. The molecule has 0 atom stereocenters. The summed E-state index contributed by atoms with van der Waals surface area (Å²) >= 11 is 6.58. The zero-order valence-electron chi connectivity index (χ0n) is 9.79. The van der Waals surface area contributed by atoms with Crippen molar-refractivity contribution in [1.82, 2.24) is 5.32 Å². The van der Waals surface area contributed by atoms with Crippen LogP contribution in [0.25, 0.3) is 0 Å². The largest absolute Gasteiger partial charge is 0.348 e. The second kappa shape index (κ2) is 6.30. The van der Waals surface area contributed by atoms with Gasteiger partial charge in [-0.25, -0.2) is 4.39 Å². The summed E-state index contributed by atoms with van der Waals surface area (Å²) in [5, 5.41) is 2.75. The molecule has 0 spiro atoms. The number of amides is 1. The van der Waals surface area contributed by atoms with Crippen LogP contribution in [-0.4, -0.2) is 5.91 Å². The van der Waals surface area contributed by atoms with Crippen molar-refractivity contribution >= 4 is 37.8 Å². The lowest BCUT2D eigenvalue weighted by Gasteiger charge is -2.07. The molecule has 0 fully saturated rings. The normalized spacial score (nSPS) is 10.3. The van der Waals surface area contributed by atoms with Crippen LogP contribution in [0.15, 0.2) is 51.4 Å². The lowest BCUT2D eigenvalue weighted by atomic mass is 10.2. The maximum atomic E-state index is 13.1. The number of hydrogen-bond acceptors (Lipinski definition) is 1. The molecule has 0 unspecified atom stereocenters. The lowest BCUT2D eigenvalue weighted by Crippen LogP contribution is -2.23. The van der Waals surface area contributed by atoms with Gasteiger partial charge in [0, 0.05) is 15.5 Å². The van der Waals surface area contributed by atoms with E-state index in [-0.39, 0.29) is 11.5 Å². The van der Waals surface area contributed by atoms with Crippen LogP contribution in [0, 0.1) is 5.82 Å². The minimum Gasteiger partial charge on any atom is -0.348 e. The predicted octanol–water partition coefficient (Wildman–Crippen LogP) is 4.28. The number of hydrogen-bond donors (Lipinski definition) is 1. The zero-order chi connectivity index (χ0) is 13.8. The van der Waals surface area contributed by atoms with Crippen LogP contribution in [-0.2, 0) is 6.54 Å². The van der Waals surface area contributed by atoms with Crippen molar-refractivity contribution in [3.63, 3.8) is 0 Å². The van der Waals surface area contributed by atoms with Gasteiger partial charge in [0.25, 0.3) is 5.91 Å². The molecule has 2 nitrogen and oxygen atoms in total. The van der Waals surface area contributed by atoms with Gasteiger partial charge in [0.05, 0.1) is 5.56 Å². The maximum absolute atomic E-state index is 13.1. The predicted molar refractivity (Wildman–Crippen MR) is 79.4 cm³/mol. The summed E-state index contributed by atoms with van der Waals surface area (Å²) < 4.78 is 14.7. The van der Waals surface area contributed by atoms with E-state index >= 15 is 0 Å². The monoisotopic (exact) mass is 385 g/mol. The summed E-state index contributed by atoms with van der Waals surface area (Å²) in [6.07, 6.45) is 0. The number of benzene rings is 2. The van der Waals surface area contributed by atoms with Crippen LogP contribution in [0.3, 0.4) is 0 Å². The number of rotatable bonds is 3. The molecule has 0 saturated carbocycles. The first kappa shape index (κ1) is 14.2. The van der Waals surface area contributed by atoms with Crippen molar-refractivity contribution in [2.75, 3.05) is 0 Å². The molecular formula is C14H10Br2FNO. The van der Waals surface area contributed by atoms with Crippen molar-refractivity contribution in [1.29, 1.82) is 0 Å². The van der Waals surface area contributed by atoms with Gasteiger partial charge >= 0.3 is 0 Å². The molecule has 0 bridgehead atoms. The molecule has 5 heteroatoms. The fourth-order valence-electron chi connectivity index (χ4n) is 1.55. The second-order valence-electron chi connectivity index (χ2n) is 3.93. The third-order valence-electron chi connectivity index (χ3n) is 2.54. The van der Waals surface area contributed by atoms with Gasteiger partial charge in [-0.05, 0) is 51.8 Å². The quantitative estimate of drug-likeness (QED) is 0.837. The third kappa shape index (κ3) is 3.88. The van der Waals surface area contributed by atoms with Gasteiger partial charge in [-0.1, -0.05) is 28.1 Å². The van der Waals surface area contributed by atoms with E-state index in [4.69, 9.17) is 0 Å². The van der Waals surface area contributed by atoms with Crippen molar-refractivity contribution < 1.29 is 9.18 Å². The maximum Gasteiger partial charge on any atom is 0.252 e. The van der Waals surface area contributed by atoms with E-state index in [0.29, 0.717) is 11.0 Å². The molecule has 2 aromatic carbocycles. The van der Waals surface area contributed by atoms with E-state index in [0.717, 1.165) is 10.0 Å². The van der Waals surface area contributed by atoms with Gasteiger partial charge in [0.1, 0.15) is 5.82 Å². The van der Waals surface area contributed by atoms with E-state index in [1.165, 1.54) is 18.2 Å². The lowest BCUT2D eigenvalue weighted by molar-refractivity contribution is 0.0949. The highest BCUT2D eigenvalue weighted by atomic mass is 79.9. The molecule has 0 heterocycles. The van der Waals surface area contributed by atoms with Crippen molar-refractivity contribution in [2.24, 2.45) is 0 Å². The van der Waals surface area contributed by atoms with E-state index in [1.807, 2.05) is 24.3 Å². The van der Waals surface area contributed by atoms with Crippen LogP contribution in [0.2, 0.25) is 0 Å². The number of nitrogens with one attached hydrogen (secondary N) is 1. The van der Waals surface area contributed by atoms with E-state index in [1.54, 1.807) is 0 Å². The van der Waals surface area contributed by atoms with E-state index in [2.05, 4.69) is 37.2 Å². The summed E-state index contributed by atoms with van der Waals surface area (Å²) in [4.78, 5) is 11.9. The minimum absolute atomic E-state index is 0.289. The van der Waals surface area contributed by atoms with Crippen LogP contribution >= 0.6 is 31.9 Å². The topological polar surface area (TPSA) is 29.1 Å². The Hall–Kier alpha value is -1.20. The highest BCUT2D eigenvalue weighted by Gasteiger charge is 2.10. The number of carbonyl (C=O) groups is 1. The molecule has 19 heavy (non-hydrogen) atoms. The van der Waals surface area contributed by atoms with Gasteiger partial charge in [-0.3, -0.25) is 4.79 Å². The van der Waals surface area contributed by atoms with Crippen LogP contribution in [0.1, 0.15) is 15.9 Å². The Kier molecular flexibility index (Phi) is 4.71. The molecule has 0 radical (unpaired) electrons. The summed E-state index contributed by atoms with van der Waals surface area (Å²) in [6.45, 7) is 0.398. The molecule has 1 amide bonds. The molecule has 0 saturated heterocycles. The molecule has 1 N–H and O–H groups in total. The highest BCUT2D eigenvalue weighted by molar-refractivity contribution is 9.10. The molecular weight excluding hydrogens is 377 g/mol. The summed E-state index contributed by atoms with van der Waals surface area (Å²) in [6, 6.07) is 11.6. The standard InChI is InChI=1S/C14H10Br2FNO/c15-10-3-1-9(2-4-10)8-18-14(19)12-7-11(17)5-6-13(12)16/h1-7H,8H2,(H,18,19). The van der Waals surface area contributed by atoms with Gasteiger partial charge in [0.15, 0.2) is 0 Å². The van der Waals surface area contributed by atoms with Gasteiger partial charge in [-0.15, -0.1) is 0 Å². The molecule has 2 aromatic rings. The Balaban J connectivity index is 2.05. The van der Waals surface area contributed by atoms with Crippen LogP contribution in [0.4, 0.5) is 4.39 Å². The fourth-order valence-corrected chi connectivity index (χ4v) is 2.24. The van der Waals surface area contributed by atoms with Crippen molar-refractivity contribution in [3.8, 4) is 0 Å². The Morgan fingerprint density at radius 1 is 1.11 bits per heavy atom. The first-order valence-electron chi connectivity index (χ1n) is 5.54. The fraction of sp³-hybridized carbons (Fsp3) is 0.0714. The Morgan fingerprint density at radius 3 is 2.47 bits per heavy atom. The highest BCUT2D eigenvalue weighted by Crippen LogP contribution is 2.18. The first-order valence-corrected chi connectivity index (χ1v) is 7.12. The Bertz CT molecular complexity index is 599. The Morgan fingerprint density at radius 2 is 1.79 bits per heavy atom. The first-order chi connectivity index (χ1) is 9.06. The molecule has 2 rings (SSSR count). The SMILES string of the molecule is O=C(NCc1ccc(Br)cc1)c1cc(F)ccc1Br. The smallest absolute Gasteiger partial charge is 0.252 e. The minimum atomic E-state index is -0.433. The summed E-state index contributed by atoms with van der Waals surface area (Å²) in [5.41, 5.74) is 1.26. The average molecular weight is 387 g/mol. The number of carbonyl (C=O) groups excluding carboxylic acids is 1. The van der Waals surface area contributed by atoms with Gasteiger partial charge in [-0.2, -0.15) is 0 Å². The molecule has 0 aliphatic heterocycles. The van der Waals surface area contributed by atoms with Gasteiger partial charge in [0.2, 0.25) is 0 Å². The van der Waals surface area contributed by atoms with Crippen molar-refractivity contribution in [2.45, 2.75) is 6.54 Å². The van der Waals surface area contributed by atoms with Gasteiger partial charge < -0.3 is 5.32 Å². The Labute approximate surface area is 127 Å². The zero-order valence-corrected chi connectivity index (χ0v) is 13.0. The van der Waals surface area contributed by atoms with Crippen LogP contribution in [0.5, 0.6) is 0 Å². The second-order valence-corrected chi connectivity index (χ2v) is 5.70. The van der Waals surface area contributed by atoms with E-state index in [9.17, 15) is 9.18 Å². The summed E-state index contributed by atoms with van der Waals surface area (Å²) in [7, 11) is 0. The molecule has 0 aromatic heterocycles. The number of halogens is 3.